The third kappa shape index (κ3) is 3.00. The van der Waals surface area contributed by atoms with Gasteiger partial charge in [-0.2, -0.15) is 0 Å². The Morgan fingerprint density at radius 1 is 0.667 bits per heavy atom. The van der Waals surface area contributed by atoms with E-state index in [1.165, 1.54) is 12.1 Å². The topological polar surface area (TPSA) is 63.7 Å². The third-order valence-corrected chi connectivity index (χ3v) is 4.44. The van der Waals surface area contributed by atoms with Gasteiger partial charge >= 0.3 is 5.97 Å². The fraction of sp³-hybridized carbons (Fsp3) is 0.0455. The summed E-state index contributed by atoms with van der Waals surface area (Å²) < 4.78 is 0. The number of fused-ring (bicyclic) bond motifs is 1. The summed E-state index contributed by atoms with van der Waals surface area (Å²) in [5.74, 6) is -2.72. The highest BCUT2D eigenvalue weighted by Crippen LogP contribution is 2.29. The maximum atomic E-state index is 13.0. The van der Waals surface area contributed by atoms with Crippen molar-refractivity contribution in [1.82, 2.24) is 5.06 Å². The van der Waals surface area contributed by atoms with E-state index in [9.17, 15) is 14.4 Å². The summed E-state index contributed by atoms with van der Waals surface area (Å²) in [6, 6.07) is 24.6. The van der Waals surface area contributed by atoms with Gasteiger partial charge in [0.05, 0.1) is 11.1 Å². The molecular weight excluding hydrogens is 342 g/mol. The van der Waals surface area contributed by atoms with E-state index in [1.54, 1.807) is 36.4 Å². The Morgan fingerprint density at radius 3 is 1.52 bits per heavy atom. The number of amides is 2. The van der Waals surface area contributed by atoms with Crippen molar-refractivity contribution in [3.8, 4) is 0 Å². The third-order valence-electron chi connectivity index (χ3n) is 4.44. The predicted molar refractivity (Wildman–Crippen MR) is 97.8 cm³/mol. The summed E-state index contributed by atoms with van der Waals surface area (Å²) in [6.45, 7) is 0. The summed E-state index contributed by atoms with van der Waals surface area (Å²) >= 11 is 0. The van der Waals surface area contributed by atoms with Gasteiger partial charge in [-0.05, 0) is 23.3 Å². The van der Waals surface area contributed by atoms with Crippen LogP contribution in [-0.2, 0) is 9.63 Å². The summed E-state index contributed by atoms with van der Waals surface area (Å²) in [5, 5.41) is 0.547. The molecule has 27 heavy (non-hydrogen) atoms. The van der Waals surface area contributed by atoms with E-state index in [-0.39, 0.29) is 11.1 Å². The molecule has 5 nitrogen and oxygen atoms in total. The van der Waals surface area contributed by atoms with Gasteiger partial charge in [-0.3, -0.25) is 9.59 Å². The van der Waals surface area contributed by atoms with Gasteiger partial charge in [0.2, 0.25) is 0 Å². The first-order valence-corrected chi connectivity index (χ1v) is 8.46. The molecule has 0 bridgehead atoms. The molecule has 0 aromatic heterocycles. The van der Waals surface area contributed by atoms with Crippen molar-refractivity contribution in [2.75, 3.05) is 0 Å². The molecule has 0 fully saturated rings. The number of rotatable bonds is 4. The highest BCUT2D eigenvalue weighted by Gasteiger charge is 2.40. The summed E-state index contributed by atoms with van der Waals surface area (Å²) in [5.41, 5.74) is 1.88. The van der Waals surface area contributed by atoms with Crippen molar-refractivity contribution in [1.29, 1.82) is 0 Å². The SMILES string of the molecule is O=C(ON1C(=O)c2ccccc2C1=O)C(c1ccccc1)c1ccccc1. The van der Waals surface area contributed by atoms with Gasteiger partial charge in [0.25, 0.3) is 11.8 Å². The van der Waals surface area contributed by atoms with Gasteiger partial charge in [0, 0.05) is 0 Å². The Labute approximate surface area is 155 Å². The maximum Gasteiger partial charge on any atom is 0.345 e. The molecule has 3 aromatic rings. The van der Waals surface area contributed by atoms with Crippen LogP contribution in [0, 0.1) is 0 Å². The van der Waals surface area contributed by atoms with Crippen LogP contribution in [0.15, 0.2) is 84.9 Å². The van der Waals surface area contributed by atoms with Gasteiger partial charge in [-0.25, -0.2) is 4.79 Å². The molecule has 0 spiro atoms. The van der Waals surface area contributed by atoms with Crippen LogP contribution in [0.5, 0.6) is 0 Å². The molecule has 2 amide bonds. The molecule has 132 valence electrons. The molecule has 0 saturated carbocycles. The first kappa shape index (κ1) is 16.7. The van der Waals surface area contributed by atoms with Crippen molar-refractivity contribution in [2.24, 2.45) is 0 Å². The molecule has 3 aromatic carbocycles. The summed E-state index contributed by atoms with van der Waals surface area (Å²) in [6.07, 6.45) is 0. The van der Waals surface area contributed by atoms with Gasteiger partial charge in [-0.1, -0.05) is 77.9 Å². The zero-order chi connectivity index (χ0) is 18.8. The van der Waals surface area contributed by atoms with Crippen molar-refractivity contribution in [2.45, 2.75) is 5.92 Å². The highest BCUT2D eigenvalue weighted by atomic mass is 16.7. The highest BCUT2D eigenvalue weighted by molar-refractivity contribution is 6.21. The molecule has 0 saturated heterocycles. The molecular formula is C22H15NO4. The van der Waals surface area contributed by atoms with Crippen molar-refractivity contribution in [3.63, 3.8) is 0 Å². The Kier molecular flexibility index (Phi) is 4.26. The minimum Gasteiger partial charge on any atom is -0.329 e. The molecule has 0 radical (unpaired) electrons. The second kappa shape index (κ2) is 6.88. The van der Waals surface area contributed by atoms with Crippen LogP contribution in [0.4, 0.5) is 0 Å². The monoisotopic (exact) mass is 357 g/mol. The molecule has 1 aliphatic rings. The lowest BCUT2D eigenvalue weighted by Gasteiger charge is -2.19. The van der Waals surface area contributed by atoms with E-state index in [2.05, 4.69) is 0 Å². The minimum absolute atomic E-state index is 0.228. The van der Waals surface area contributed by atoms with Crippen LogP contribution < -0.4 is 0 Å². The molecule has 0 N–H and O–H groups in total. The van der Waals surface area contributed by atoms with Gasteiger partial charge in [0.1, 0.15) is 5.92 Å². The van der Waals surface area contributed by atoms with Crippen LogP contribution in [0.3, 0.4) is 0 Å². The number of hydroxylamine groups is 2. The molecule has 1 heterocycles. The number of hydrogen-bond donors (Lipinski definition) is 0. The molecule has 1 aliphatic heterocycles. The zero-order valence-corrected chi connectivity index (χ0v) is 14.2. The Bertz CT molecular complexity index is 940. The number of carbonyl (C=O) groups excluding carboxylic acids is 3. The van der Waals surface area contributed by atoms with Crippen LogP contribution in [0.2, 0.25) is 0 Å². The van der Waals surface area contributed by atoms with E-state index in [4.69, 9.17) is 4.84 Å². The summed E-state index contributed by atoms with van der Waals surface area (Å²) in [4.78, 5) is 43.2. The van der Waals surface area contributed by atoms with Gasteiger partial charge in [-0.15, -0.1) is 0 Å². The Balaban J connectivity index is 1.66. The normalized spacial score (nSPS) is 13.0. The van der Waals surface area contributed by atoms with E-state index >= 15 is 0 Å². The van der Waals surface area contributed by atoms with Crippen molar-refractivity contribution < 1.29 is 19.2 Å². The van der Waals surface area contributed by atoms with E-state index in [0.717, 1.165) is 0 Å². The Hall–Kier alpha value is -3.73. The largest absolute Gasteiger partial charge is 0.345 e. The lowest BCUT2D eigenvalue weighted by Crippen LogP contribution is -2.34. The van der Waals surface area contributed by atoms with Gasteiger partial charge < -0.3 is 4.84 Å². The number of benzene rings is 3. The standard InChI is InChI=1S/C22H15NO4/c24-20-17-13-7-8-14-18(17)21(25)23(20)27-22(26)19(15-9-3-1-4-10-15)16-11-5-2-6-12-16/h1-14,19H. The van der Waals surface area contributed by atoms with Crippen molar-refractivity contribution in [3.05, 3.63) is 107 Å². The van der Waals surface area contributed by atoms with E-state index in [0.29, 0.717) is 16.2 Å². The summed E-state index contributed by atoms with van der Waals surface area (Å²) in [7, 11) is 0. The predicted octanol–water partition coefficient (Wildman–Crippen LogP) is 3.57. The Morgan fingerprint density at radius 2 is 1.07 bits per heavy atom. The molecule has 0 aliphatic carbocycles. The number of hydrogen-bond acceptors (Lipinski definition) is 4. The molecule has 0 atom stereocenters. The zero-order valence-electron chi connectivity index (χ0n) is 14.2. The minimum atomic E-state index is -0.753. The average molecular weight is 357 g/mol. The van der Waals surface area contributed by atoms with Crippen LogP contribution >= 0.6 is 0 Å². The number of carbonyl (C=O) groups is 3. The van der Waals surface area contributed by atoms with Gasteiger partial charge in [0.15, 0.2) is 0 Å². The second-order valence-electron chi connectivity index (χ2n) is 6.11. The molecule has 0 unspecified atom stereocenters. The lowest BCUT2D eigenvalue weighted by atomic mass is 9.91. The lowest BCUT2D eigenvalue weighted by molar-refractivity contribution is -0.169. The first-order valence-electron chi connectivity index (χ1n) is 8.46. The number of imide groups is 1. The smallest absolute Gasteiger partial charge is 0.329 e. The average Bonchev–Trinajstić information content (AvgIpc) is 2.95. The van der Waals surface area contributed by atoms with Crippen LogP contribution in [0.1, 0.15) is 37.8 Å². The first-order chi connectivity index (χ1) is 13.2. The van der Waals surface area contributed by atoms with E-state index in [1.807, 2.05) is 36.4 Å². The van der Waals surface area contributed by atoms with Crippen molar-refractivity contribution >= 4 is 17.8 Å². The fourth-order valence-corrected chi connectivity index (χ4v) is 3.15. The molecule has 5 heteroatoms. The van der Waals surface area contributed by atoms with Crippen LogP contribution in [-0.4, -0.2) is 22.8 Å². The van der Waals surface area contributed by atoms with E-state index < -0.39 is 23.7 Å². The fourth-order valence-electron chi connectivity index (χ4n) is 3.15. The second-order valence-corrected chi connectivity index (χ2v) is 6.11. The van der Waals surface area contributed by atoms with Crippen LogP contribution in [0.25, 0.3) is 0 Å². The maximum absolute atomic E-state index is 13.0. The number of nitrogens with zero attached hydrogens (tertiary/aromatic N) is 1. The molecule has 4 rings (SSSR count). The quantitative estimate of drug-likeness (QED) is 0.670.